The van der Waals surface area contributed by atoms with Crippen LogP contribution in [0.25, 0.3) is 0 Å². The molecule has 0 amide bonds. The minimum atomic E-state index is -2.98. The lowest BCUT2D eigenvalue weighted by Gasteiger charge is -2.20. The molecule has 0 bridgehead atoms. The van der Waals surface area contributed by atoms with Gasteiger partial charge in [-0.15, -0.1) is 0 Å². The topological polar surface area (TPSA) is 86.7 Å². The van der Waals surface area contributed by atoms with Crippen LogP contribution in [-0.2, 0) is 9.84 Å². The molecule has 1 atom stereocenters. The van der Waals surface area contributed by atoms with Gasteiger partial charge in [-0.2, -0.15) is 0 Å². The monoisotopic (exact) mass is 373 g/mol. The Morgan fingerprint density at radius 2 is 2.33 bits per heavy atom. The molecule has 24 heavy (non-hydrogen) atoms. The molecule has 2 N–H and O–H groups in total. The highest BCUT2D eigenvalue weighted by molar-refractivity contribution is 7.91. The SMILES string of the molecule is CCS(=O)(=O)CCNC(=NC)NC1CCN(c2ncccc2Cl)C1. The van der Waals surface area contributed by atoms with Gasteiger partial charge in [-0.25, -0.2) is 13.4 Å². The molecule has 1 aliphatic rings. The minimum Gasteiger partial charge on any atom is -0.355 e. The lowest BCUT2D eigenvalue weighted by atomic mass is 10.3. The number of hydrogen-bond acceptors (Lipinski definition) is 5. The number of aromatic nitrogens is 1. The Hall–Kier alpha value is -1.54. The summed E-state index contributed by atoms with van der Waals surface area (Å²) in [6.45, 7) is 3.62. The summed E-state index contributed by atoms with van der Waals surface area (Å²) in [7, 11) is -1.30. The van der Waals surface area contributed by atoms with Crippen LogP contribution in [0.15, 0.2) is 23.3 Å². The Bertz CT molecular complexity index is 680. The zero-order valence-corrected chi connectivity index (χ0v) is 15.6. The number of hydrogen-bond donors (Lipinski definition) is 2. The molecule has 1 saturated heterocycles. The molecule has 0 saturated carbocycles. The van der Waals surface area contributed by atoms with Crippen LogP contribution in [0.4, 0.5) is 5.82 Å². The van der Waals surface area contributed by atoms with Crippen LogP contribution < -0.4 is 15.5 Å². The second-order valence-corrected chi connectivity index (χ2v) is 8.50. The number of pyridine rings is 1. The normalized spacial score (nSPS) is 18.7. The molecule has 134 valence electrons. The third-order valence-corrected chi connectivity index (χ3v) is 5.94. The number of guanidine groups is 1. The zero-order valence-electron chi connectivity index (χ0n) is 14.0. The summed E-state index contributed by atoms with van der Waals surface area (Å²) in [5, 5.41) is 7.02. The largest absolute Gasteiger partial charge is 0.355 e. The maximum atomic E-state index is 11.5. The van der Waals surface area contributed by atoms with Gasteiger partial charge in [0.05, 0.1) is 10.8 Å². The highest BCUT2D eigenvalue weighted by atomic mass is 35.5. The molecule has 7 nitrogen and oxygen atoms in total. The van der Waals surface area contributed by atoms with Crippen molar-refractivity contribution in [3.8, 4) is 0 Å². The average Bonchev–Trinajstić information content (AvgIpc) is 3.02. The number of halogens is 1. The van der Waals surface area contributed by atoms with Crippen LogP contribution in [0.1, 0.15) is 13.3 Å². The molecule has 1 fully saturated rings. The second-order valence-electron chi connectivity index (χ2n) is 5.62. The van der Waals surface area contributed by atoms with E-state index in [1.54, 1.807) is 20.2 Å². The van der Waals surface area contributed by atoms with Crippen molar-refractivity contribution >= 4 is 33.2 Å². The van der Waals surface area contributed by atoms with Crippen LogP contribution >= 0.6 is 11.6 Å². The van der Waals surface area contributed by atoms with Crippen molar-refractivity contribution in [2.24, 2.45) is 4.99 Å². The molecule has 2 rings (SSSR count). The molecule has 1 unspecified atom stereocenters. The summed E-state index contributed by atoms with van der Waals surface area (Å²) < 4.78 is 23.0. The molecule has 9 heteroatoms. The summed E-state index contributed by atoms with van der Waals surface area (Å²) in [4.78, 5) is 10.6. The van der Waals surface area contributed by atoms with Crippen molar-refractivity contribution in [2.45, 2.75) is 19.4 Å². The molecule has 0 aliphatic carbocycles. The fourth-order valence-electron chi connectivity index (χ4n) is 2.54. The average molecular weight is 374 g/mol. The first kappa shape index (κ1) is 18.8. The maximum absolute atomic E-state index is 11.5. The Balaban J connectivity index is 1.84. The summed E-state index contributed by atoms with van der Waals surface area (Å²) in [5.41, 5.74) is 0. The van der Waals surface area contributed by atoms with E-state index in [2.05, 4.69) is 25.5 Å². The fourth-order valence-corrected chi connectivity index (χ4v) is 3.48. The number of rotatable bonds is 6. The van der Waals surface area contributed by atoms with Crippen molar-refractivity contribution in [2.75, 3.05) is 43.1 Å². The predicted octanol–water partition coefficient (Wildman–Crippen LogP) is 0.913. The molecule has 1 aliphatic heterocycles. The Morgan fingerprint density at radius 3 is 3.00 bits per heavy atom. The van der Waals surface area contributed by atoms with E-state index >= 15 is 0 Å². The molecule has 0 spiro atoms. The van der Waals surface area contributed by atoms with E-state index in [0.29, 0.717) is 17.5 Å². The van der Waals surface area contributed by atoms with Gasteiger partial charge in [0.15, 0.2) is 15.8 Å². The standard InChI is InChI=1S/C15H24ClN5O2S/c1-3-24(22,23)10-8-19-15(17-2)20-12-6-9-21(11-12)14-13(16)5-4-7-18-14/h4-5,7,12H,3,6,8-11H2,1-2H3,(H2,17,19,20). The van der Waals surface area contributed by atoms with Crippen molar-refractivity contribution in [1.82, 2.24) is 15.6 Å². The molecule has 1 aromatic rings. The van der Waals surface area contributed by atoms with E-state index in [-0.39, 0.29) is 17.5 Å². The lowest BCUT2D eigenvalue weighted by Crippen LogP contribution is -2.45. The zero-order chi connectivity index (χ0) is 17.6. The highest BCUT2D eigenvalue weighted by Gasteiger charge is 2.25. The summed E-state index contributed by atoms with van der Waals surface area (Å²) in [5.74, 6) is 1.66. The van der Waals surface area contributed by atoms with E-state index in [9.17, 15) is 8.42 Å². The van der Waals surface area contributed by atoms with Crippen molar-refractivity contribution in [3.05, 3.63) is 23.4 Å². The molecular formula is C15H24ClN5O2S. The van der Waals surface area contributed by atoms with E-state index in [1.807, 2.05) is 12.1 Å². The van der Waals surface area contributed by atoms with E-state index < -0.39 is 9.84 Å². The Labute approximate surface area is 148 Å². The summed E-state index contributed by atoms with van der Waals surface area (Å²) in [6.07, 6.45) is 2.66. The van der Waals surface area contributed by atoms with Gasteiger partial charge in [0.1, 0.15) is 5.82 Å². The number of nitrogens with one attached hydrogen (secondary N) is 2. The number of sulfone groups is 1. The summed E-state index contributed by atoms with van der Waals surface area (Å²) >= 11 is 6.19. The second kappa shape index (κ2) is 8.53. The summed E-state index contributed by atoms with van der Waals surface area (Å²) in [6, 6.07) is 3.85. The molecule has 1 aromatic heterocycles. The Morgan fingerprint density at radius 1 is 1.54 bits per heavy atom. The van der Waals surface area contributed by atoms with Gasteiger partial charge in [0, 0.05) is 44.7 Å². The van der Waals surface area contributed by atoms with Crippen molar-refractivity contribution in [3.63, 3.8) is 0 Å². The van der Waals surface area contributed by atoms with Crippen LogP contribution in [0.2, 0.25) is 5.02 Å². The van der Waals surface area contributed by atoms with E-state index in [4.69, 9.17) is 11.6 Å². The van der Waals surface area contributed by atoms with Gasteiger partial charge < -0.3 is 15.5 Å². The maximum Gasteiger partial charge on any atom is 0.191 e. The first-order valence-corrected chi connectivity index (χ1v) is 10.2. The smallest absolute Gasteiger partial charge is 0.191 e. The first-order chi connectivity index (χ1) is 11.4. The van der Waals surface area contributed by atoms with Crippen molar-refractivity contribution in [1.29, 1.82) is 0 Å². The number of anilines is 1. The van der Waals surface area contributed by atoms with Gasteiger partial charge in [0.25, 0.3) is 0 Å². The van der Waals surface area contributed by atoms with Crippen molar-refractivity contribution < 1.29 is 8.42 Å². The van der Waals surface area contributed by atoms with Gasteiger partial charge in [-0.05, 0) is 18.6 Å². The van der Waals surface area contributed by atoms with Gasteiger partial charge >= 0.3 is 0 Å². The molecule has 0 radical (unpaired) electrons. The highest BCUT2D eigenvalue weighted by Crippen LogP contribution is 2.25. The minimum absolute atomic E-state index is 0.102. The van der Waals surface area contributed by atoms with Crippen LogP contribution in [-0.4, -0.2) is 63.6 Å². The predicted molar refractivity (Wildman–Crippen MR) is 98.7 cm³/mol. The van der Waals surface area contributed by atoms with E-state index in [1.165, 1.54) is 0 Å². The third kappa shape index (κ3) is 5.24. The molecule has 0 aromatic carbocycles. The molecular weight excluding hydrogens is 350 g/mol. The number of nitrogens with zero attached hydrogens (tertiary/aromatic N) is 3. The third-order valence-electron chi connectivity index (χ3n) is 3.94. The van der Waals surface area contributed by atoms with Crippen LogP contribution in [0.5, 0.6) is 0 Å². The van der Waals surface area contributed by atoms with Gasteiger partial charge in [0.2, 0.25) is 0 Å². The number of aliphatic imine (C=N–C) groups is 1. The van der Waals surface area contributed by atoms with Crippen LogP contribution in [0, 0.1) is 0 Å². The first-order valence-electron chi connectivity index (χ1n) is 7.98. The Kier molecular flexibility index (Phi) is 6.68. The quantitative estimate of drug-likeness (QED) is 0.569. The molecule has 2 heterocycles. The van der Waals surface area contributed by atoms with Crippen LogP contribution in [0.3, 0.4) is 0 Å². The fraction of sp³-hybridized carbons (Fsp3) is 0.600. The lowest BCUT2D eigenvalue weighted by molar-refractivity contribution is 0.595. The van der Waals surface area contributed by atoms with Gasteiger partial charge in [-0.3, -0.25) is 4.99 Å². The van der Waals surface area contributed by atoms with E-state index in [0.717, 1.165) is 25.3 Å². The van der Waals surface area contributed by atoms with Gasteiger partial charge in [-0.1, -0.05) is 18.5 Å².